The molecule has 2 aromatic rings. The number of nitrogens with zero attached hydrogens (tertiary/aromatic N) is 2. The summed E-state index contributed by atoms with van der Waals surface area (Å²) in [5, 5.41) is 14.6. The van der Waals surface area contributed by atoms with E-state index in [0.29, 0.717) is 13.2 Å². The van der Waals surface area contributed by atoms with E-state index in [9.17, 15) is 5.11 Å². The molecule has 0 amide bonds. The summed E-state index contributed by atoms with van der Waals surface area (Å²) in [6, 6.07) is 7.96. The van der Waals surface area contributed by atoms with Gasteiger partial charge in [-0.2, -0.15) is 5.10 Å². The molecule has 1 aliphatic rings. The zero-order valence-corrected chi connectivity index (χ0v) is 10.6. The normalized spacial score (nSPS) is 22.8. The van der Waals surface area contributed by atoms with Crippen LogP contribution in [-0.2, 0) is 24.0 Å². The lowest BCUT2D eigenvalue weighted by atomic mass is 9.87. The number of aliphatic hydroxyl groups is 1. The van der Waals surface area contributed by atoms with Crippen molar-refractivity contribution in [2.45, 2.75) is 19.1 Å². The smallest absolute Gasteiger partial charge is 0.110 e. The fraction of sp³-hybridized carbons (Fsp3) is 0.357. The van der Waals surface area contributed by atoms with Crippen molar-refractivity contribution in [1.29, 1.82) is 0 Å². The van der Waals surface area contributed by atoms with Crippen LogP contribution < -0.4 is 0 Å². The van der Waals surface area contributed by atoms with Crippen molar-refractivity contribution in [2.75, 3.05) is 6.61 Å². The van der Waals surface area contributed by atoms with Crippen LogP contribution in [-0.4, -0.2) is 21.5 Å². The summed E-state index contributed by atoms with van der Waals surface area (Å²) in [5.41, 5.74) is 3.20. The van der Waals surface area contributed by atoms with Crippen molar-refractivity contribution in [2.24, 2.45) is 7.05 Å². The van der Waals surface area contributed by atoms with Gasteiger partial charge in [0.2, 0.25) is 0 Å². The van der Waals surface area contributed by atoms with Crippen LogP contribution in [0.25, 0.3) is 11.3 Å². The van der Waals surface area contributed by atoms with Gasteiger partial charge in [0.05, 0.1) is 18.9 Å². The quantitative estimate of drug-likeness (QED) is 0.832. The number of hydrogen-bond donors (Lipinski definition) is 1. The van der Waals surface area contributed by atoms with Gasteiger partial charge in [0, 0.05) is 18.8 Å². The molecule has 1 aromatic carbocycles. The van der Waals surface area contributed by atoms with Crippen LogP contribution in [0.4, 0.5) is 0 Å². The monoisotopic (exact) mass is 244 g/mol. The molecular formula is C14H16N2O2. The largest absolute Gasteiger partial charge is 0.383 e. The minimum atomic E-state index is -0.914. The van der Waals surface area contributed by atoms with Crippen molar-refractivity contribution in [3.63, 3.8) is 0 Å². The fourth-order valence-electron chi connectivity index (χ4n) is 2.55. The van der Waals surface area contributed by atoms with Crippen molar-refractivity contribution in [3.05, 3.63) is 41.6 Å². The number of aryl methyl sites for hydroxylation is 1. The van der Waals surface area contributed by atoms with Gasteiger partial charge in [0.15, 0.2) is 0 Å². The molecule has 0 saturated carbocycles. The van der Waals surface area contributed by atoms with Crippen LogP contribution >= 0.6 is 0 Å². The molecule has 0 radical (unpaired) electrons. The molecular weight excluding hydrogens is 228 g/mol. The average molecular weight is 244 g/mol. The summed E-state index contributed by atoms with van der Waals surface area (Å²) < 4.78 is 7.34. The molecule has 0 spiro atoms. The molecule has 3 rings (SSSR count). The Bertz CT molecular complexity index is 587. The van der Waals surface area contributed by atoms with E-state index in [0.717, 1.165) is 22.4 Å². The van der Waals surface area contributed by atoms with Crippen LogP contribution in [0, 0.1) is 0 Å². The zero-order chi connectivity index (χ0) is 12.8. The van der Waals surface area contributed by atoms with E-state index in [1.165, 1.54) is 0 Å². The van der Waals surface area contributed by atoms with E-state index >= 15 is 0 Å². The number of hydrogen-bond acceptors (Lipinski definition) is 3. The standard InChI is InChI=1S/C14H16N2O2/c1-14(17)9-18-8-11-10(4-3-5-12(11)14)13-6-7-15-16(13)2/h3-7,17H,8-9H2,1-2H3. The SMILES string of the molecule is Cn1nccc1-c1cccc2c1COCC2(C)O. The van der Waals surface area contributed by atoms with Crippen LogP contribution in [0.2, 0.25) is 0 Å². The predicted octanol–water partition coefficient (Wildman–Crippen LogP) is 1.82. The molecule has 0 fully saturated rings. The lowest BCUT2D eigenvalue weighted by molar-refractivity contribution is -0.0601. The van der Waals surface area contributed by atoms with E-state index in [2.05, 4.69) is 5.10 Å². The highest BCUT2D eigenvalue weighted by atomic mass is 16.5. The van der Waals surface area contributed by atoms with Gasteiger partial charge < -0.3 is 9.84 Å². The summed E-state index contributed by atoms with van der Waals surface area (Å²) in [4.78, 5) is 0. The van der Waals surface area contributed by atoms with E-state index in [1.807, 2.05) is 36.0 Å². The molecule has 0 saturated heterocycles. The maximum absolute atomic E-state index is 10.4. The molecule has 1 unspecified atom stereocenters. The first-order valence-corrected chi connectivity index (χ1v) is 6.00. The highest BCUT2D eigenvalue weighted by Crippen LogP contribution is 2.35. The second-order valence-corrected chi connectivity index (χ2v) is 4.94. The summed E-state index contributed by atoms with van der Waals surface area (Å²) >= 11 is 0. The Morgan fingerprint density at radius 3 is 2.94 bits per heavy atom. The molecule has 4 heteroatoms. The molecule has 4 nitrogen and oxygen atoms in total. The van der Waals surface area contributed by atoms with Gasteiger partial charge in [0.25, 0.3) is 0 Å². The van der Waals surface area contributed by atoms with Gasteiger partial charge in [0.1, 0.15) is 5.60 Å². The van der Waals surface area contributed by atoms with Crippen molar-refractivity contribution >= 4 is 0 Å². The van der Waals surface area contributed by atoms with Gasteiger partial charge in [-0.15, -0.1) is 0 Å². The Morgan fingerprint density at radius 1 is 1.39 bits per heavy atom. The maximum atomic E-state index is 10.4. The molecule has 2 heterocycles. The first-order valence-electron chi connectivity index (χ1n) is 6.00. The summed E-state index contributed by atoms with van der Waals surface area (Å²) in [5.74, 6) is 0. The predicted molar refractivity (Wildman–Crippen MR) is 67.9 cm³/mol. The van der Waals surface area contributed by atoms with Gasteiger partial charge in [-0.3, -0.25) is 4.68 Å². The molecule has 0 aliphatic carbocycles. The van der Waals surface area contributed by atoms with Crippen molar-refractivity contribution in [1.82, 2.24) is 9.78 Å². The maximum Gasteiger partial charge on any atom is 0.110 e. The molecule has 1 aromatic heterocycles. The van der Waals surface area contributed by atoms with E-state index < -0.39 is 5.60 Å². The van der Waals surface area contributed by atoms with Crippen molar-refractivity contribution < 1.29 is 9.84 Å². The minimum absolute atomic E-state index is 0.342. The fourth-order valence-corrected chi connectivity index (χ4v) is 2.55. The van der Waals surface area contributed by atoms with E-state index in [-0.39, 0.29) is 0 Å². The van der Waals surface area contributed by atoms with Gasteiger partial charge >= 0.3 is 0 Å². The second-order valence-electron chi connectivity index (χ2n) is 4.94. The Kier molecular flexibility index (Phi) is 2.50. The lowest BCUT2D eigenvalue weighted by Crippen LogP contribution is -2.33. The zero-order valence-electron chi connectivity index (χ0n) is 10.6. The highest BCUT2D eigenvalue weighted by molar-refractivity contribution is 5.66. The molecule has 1 aliphatic heterocycles. The Labute approximate surface area is 106 Å². The molecule has 1 atom stereocenters. The molecule has 0 bridgehead atoms. The highest BCUT2D eigenvalue weighted by Gasteiger charge is 2.31. The van der Waals surface area contributed by atoms with Crippen LogP contribution in [0.1, 0.15) is 18.1 Å². The first-order chi connectivity index (χ1) is 8.59. The van der Waals surface area contributed by atoms with Gasteiger partial charge in [-0.1, -0.05) is 18.2 Å². The third-order valence-corrected chi connectivity index (χ3v) is 3.48. The lowest BCUT2D eigenvalue weighted by Gasteiger charge is -2.32. The van der Waals surface area contributed by atoms with Crippen LogP contribution in [0.15, 0.2) is 30.5 Å². The summed E-state index contributed by atoms with van der Waals surface area (Å²) in [6.45, 7) is 2.67. The molecule has 94 valence electrons. The van der Waals surface area contributed by atoms with E-state index in [1.54, 1.807) is 13.1 Å². The number of fused-ring (bicyclic) bond motifs is 1. The second kappa shape index (κ2) is 3.93. The number of ether oxygens (including phenoxy) is 1. The summed E-state index contributed by atoms with van der Waals surface area (Å²) in [7, 11) is 1.91. The molecule has 18 heavy (non-hydrogen) atoms. The van der Waals surface area contributed by atoms with E-state index in [4.69, 9.17) is 4.74 Å². The Morgan fingerprint density at radius 2 is 2.22 bits per heavy atom. The topological polar surface area (TPSA) is 47.3 Å². The number of aromatic nitrogens is 2. The Hall–Kier alpha value is -1.65. The average Bonchev–Trinajstić information content (AvgIpc) is 2.75. The number of rotatable bonds is 1. The number of benzene rings is 1. The molecule has 1 N–H and O–H groups in total. The first kappa shape index (κ1) is 11.4. The third kappa shape index (κ3) is 1.65. The van der Waals surface area contributed by atoms with Crippen LogP contribution in [0.3, 0.4) is 0 Å². The summed E-state index contributed by atoms with van der Waals surface area (Å²) in [6.07, 6.45) is 1.77. The van der Waals surface area contributed by atoms with Gasteiger partial charge in [-0.05, 0) is 24.1 Å². The minimum Gasteiger partial charge on any atom is -0.383 e. The third-order valence-electron chi connectivity index (χ3n) is 3.48. The van der Waals surface area contributed by atoms with Crippen molar-refractivity contribution in [3.8, 4) is 11.3 Å². The Balaban J connectivity index is 2.22. The van der Waals surface area contributed by atoms with Crippen LogP contribution in [0.5, 0.6) is 0 Å². The van der Waals surface area contributed by atoms with Gasteiger partial charge in [-0.25, -0.2) is 0 Å².